The molecule has 3 heteroatoms. The summed E-state index contributed by atoms with van der Waals surface area (Å²) in [7, 11) is 0. The van der Waals surface area contributed by atoms with Crippen LogP contribution in [-0.4, -0.2) is 9.13 Å². The topological polar surface area (TPSA) is 13.1 Å². The molecule has 0 bridgehead atoms. The fraction of sp³-hybridized carbons (Fsp3) is 0. The van der Waals surface area contributed by atoms with E-state index in [2.05, 4.69) is 287 Å². The number of fused-ring (bicyclic) bond motifs is 6. The van der Waals surface area contributed by atoms with Crippen molar-refractivity contribution in [3.05, 3.63) is 273 Å². The van der Waals surface area contributed by atoms with E-state index in [0.717, 1.165) is 39.5 Å². The van der Waals surface area contributed by atoms with Crippen LogP contribution < -0.4 is 4.90 Å². The van der Waals surface area contributed by atoms with Crippen molar-refractivity contribution in [3.63, 3.8) is 0 Å². The van der Waals surface area contributed by atoms with Crippen molar-refractivity contribution in [1.82, 2.24) is 9.13 Å². The van der Waals surface area contributed by atoms with Crippen molar-refractivity contribution < 1.29 is 0 Å². The molecule has 3 nitrogen and oxygen atoms in total. The fourth-order valence-electron chi connectivity index (χ4n) is 10.4. The van der Waals surface area contributed by atoms with Gasteiger partial charge in [0.25, 0.3) is 0 Å². The summed E-state index contributed by atoms with van der Waals surface area (Å²) >= 11 is 0. The lowest BCUT2D eigenvalue weighted by molar-refractivity contribution is 1.18. The van der Waals surface area contributed by atoms with Gasteiger partial charge in [0.2, 0.25) is 0 Å². The number of anilines is 3. The van der Waals surface area contributed by atoms with Crippen LogP contribution in [0.25, 0.3) is 99.5 Å². The lowest BCUT2D eigenvalue weighted by atomic mass is 9.99. The van der Waals surface area contributed by atoms with Crippen LogP contribution in [0.4, 0.5) is 17.1 Å². The molecule has 0 aliphatic rings. The standard InChI is InChI=1S/C66H45N3/c1-6-16-46(17-7-1)48-26-30-50(31-27-48)52-34-38-63-59(42-52)61-44-57(36-40-65(61)68(63)55-22-12-4-13-23-55)67(54-20-10-3-11-21-54)58-37-41-66-62(45-58)60-43-53(35-39-64(60)69(66)56-24-14-5-15-25-56)51-32-28-49(29-33-51)47-18-8-2-9-19-47/h1-45H. The highest BCUT2D eigenvalue weighted by Gasteiger charge is 2.21. The van der Waals surface area contributed by atoms with E-state index in [1.54, 1.807) is 0 Å². The molecule has 0 saturated heterocycles. The summed E-state index contributed by atoms with van der Waals surface area (Å²) < 4.78 is 4.81. The van der Waals surface area contributed by atoms with Crippen LogP contribution in [0.2, 0.25) is 0 Å². The van der Waals surface area contributed by atoms with Crippen molar-refractivity contribution in [2.24, 2.45) is 0 Å². The largest absolute Gasteiger partial charge is 0.310 e. The summed E-state index contributed by atoms with van der Waals surface area (Å²) in [6, 6.07) is 99.2. The van der Waals surface area contributed by atoms with Crippen LogP contribution >= 0.6 is 0 Å². The first kappa shape index (κ1) is 40.1. The molecule has 69 heavy (non-hydrogen) atoms. The zero-order valence-electron chi connectivity index (χ0n) is 37.8. The van der Waals surface area contributed by atoms with Crippen LogP contribution in [0.1, 0.15) is 0 Å². The van der Waals surface area contributed by atoms with Gasteiger partial charge < -0.3 is 14.0 Å². The quantitative estimate of drug-likeness (QED) is 0.141. The van der Waals surface area contributed by atoms with Gasteiger partial charge in [0.05, 0.1) is 22.1 Å². The molecule has 11 aromatic carbocycles. The average molecular weight is 880 g/mol. The van der Waals surface area contributed by atoms with Gasteiger partial charge in [-0.25, -0.2) is 0 Å². The van der Waals surface area contributed by atoms with E-state index in [9.17, 15) is 0 Å². The maximum Gasteiger partial charge on any atom is 0.0542 e. The Morgan fingerprint density at radius 3 is 0.855 bits per heavy atom. The van der Waals surface area contributed by atoms with Crippen LogP contribution in [-0.2, 0) is 0 Å². The molecular formula is C66H45N3. The molecular weight excluding hydrogens is 835 g/mol. The minimum Gasteiger partial charge on any atom is -0.310 e. The summed E-state index contributed by atoms with van der Waals surface area (Å²) in [4.78, 5) is 2.41. The molecule has 13 aromatic rings. The summed E-state index contributed by atoms with van der Waals surface area (Å²) in [5.41, 5.74) is 19.8. The van der Waals surface area contributed by atoms with Gasteiger partial charge in [-0.15, -0.1) is 0 Å². The third-order valence-corrected chi connectivity index (χ3v) is 13.7. The second-order valence-electron chi connectivity index (χ2n) is 17.8. The molecule has 0 saturated carbocycles. The zero-order valence-corrected chi connectivity index (χ0v) is 37.8. The number of para-hydroxylation sites is 3. The van der Waals surface area contributed by atoms with Gasteiger partial charge >= 0.3 is 0 Å². The van der Waals surface area contributed by atoms with E-state index in [4.69, 9.17) is 0 Å². The van der Waals surface area contributed by atoms with Gasteiger partial charge in [-0.1, -0.05) is 176 Å². The Kier molecular flexibility index (Phi) is 9.84. The van der Waals surface area contributed by atoms with Crippen molar-refractivity contribution in [1.29, 1.82) is 0 Å². The Balaban J connectivity index is 0.980. The van der Waals surface area contributed by atoms with Crippen molar-refractivity contribution in [3.8, 4) is 55.9 Å². The summed E-state index contributed by atoms with van der Waals surface area (Å²) in [5, 5.41) is 4.80. The number of hydrogen-bond donors (Lipinski definition) is 0. The predicted octanol–water partition coefficient (Wildman–Crippen LogP) is 18.0. The molecule has 0 amide bonds. The van der Waals surface area contributed by atoms with Crippen molar-refractivity contribution >= 4 is 60.7 Å². The maximum absolute atomic E-state index is 2.41. The van der Waals surface area contributed by atoms with Gasteiger partial charge in [-0.2, -0.15) is 0 Å². The highest BCUT2D eigenvalue weighted by Crippen LogP contribution is 2.44. The van der Waals surface area contributed by atoms with Crippen molar-refractivity contribution in [2.75, 3.05) is 4.90 Å². The Labute approximate surface area is 401 Å². The number of rotatable bonds is 9. The lowest BCUT2D eigenvalue weighted by Crippen LogP contribution is -2.09. The number of aromatic nitrogens is 2. The Hall–Kier alpha value is -9.18. The van der Waals surface area contributed by atoms with E-state index in [-0.39, 0.29) is 0 Å². The number of benzene rings is 11. The minimum absolute atomic E-state index is 1.09. The smallest absolute Gasteiger partial charge is 0.0542 e. The fourth-order valence-corrected chi connectivity index (χ4v) is 10.4. The van der Waals surface area contributed by atoms with E-state index >= 15 is 0 Å². The molecule has 0 N–H and O–H groups in total. The molecule has 0 spiro atoms. The van der Waals surface area contributed by atoms with Crippen LogP contribution in [0.5, 0.6) is 0 Å². The first-order valence-corrected chi connectivity index (χ1v) is 23.7. The Morgan fingerprint density at radius 2 is 0.478 bits per heavy atom. The summed E-state index contributed by atoms with van der Waals surface area (Å²) in [5.74, 6) is 0. The molecule has 0 aliphatic carbocycles. The van der Waals surface area contributed by atoms with Crippen molar-refractivity contribution in [2.45, 2.75) is 0 Å². The third kappa shape index (κ3) is 7.16. The second kappa shape index (κ2) is 16.9. The monoisotopic (exact) mass is 879 g/mol. The van der Waals surface area contributed by atoms with Gasteiger partial charge in [0.15, 0.2) is 0 Å². The van der Waals surface area contributed by atoms with Gasteiger partial charge in [0, 0.05) is 50.0 Å². The van der Waals surface area contributed by atoms with Crippen LogP contribution in [0.15, 0.2) is 273 Å². The van der Waals surface area contributed by atoms with E-state index in [1.807, 2.05) is 0 Å². The molecule has 0 aliphatic heterocycles. The third-order valence-electron chi connectivity index (χ3n) is 13.7. The first-order chi connectivity index (χ1) is 34.2. The molecule has 2 heterocycles. The lowest BCUT2D eigenvalue weighted by Gasteiger charge is -2.26. The Morgan fingerprint density at radius 1 is 0.203 bits per heavy atom. The second-order valence-corrected chi connectivity index (χ2v) is 17.8. The average Bonchev–Trinajstić information content (AvgIpc) is 3.94. The maximum atomic E-state index is 2.41. The van der Waals surface area contributed by atoms with Crippen LogP contribution in [0, 0.1) is 0 Å². The molecule has 0 atom stereocenters. The number of nitrogens with zero attached hydrogens (tertiary/aromatic N) is 3. The summed E-state index contributed by atoms with van der Waals surface area (Å²) in [6.45, 7) is 0. The highest BCUT2D eigenvalue weighted by atomic mass is 15.1. The van der Waals surface area contributed by atoms with E-state index in [1.165, 1.54) is 77.1 Å². The van der Waals surface area contributed by atoms with Gasteiger partial charge in [0.1, 0.15) is 0 Å². The summed E-state index contributed by atoms with van der Waals surface area (Å²) in [6.07, 6.45) is 0. The molecule has 2 aromatic heterocycles. The molecule has 13 rings (SSSR count). The molecule has 0 radical (unpaired) electrons. The normalized spacial score (nSPS) is 11.5. The zero-order chi connectivity index (χ0) is 45.7. The van der Waals surface area contributed by atoms with Gasteiger partial charge in [-0.05, 0) is 142 Å². The van der Waals surface area contributed by atoms with E-state index < -0.39 is 0 Å². The predicted molar refractivity (Wildman–Crippen MR) is 292 cm³/mol. The molecule has 0 unspecified atom stereocenters. The highest BCUT2D eigenvalue weighted by molar-refractivity contribution is 6.14. The SMILES string of the molecule is c1ccc(-c2ccc(-c3ccc4c(c3)c3cc(N(c5ccccc5)c5ccc6c(c5)c5cc(-c7ccc(-c8ccccc8)cc7)ccc5n6-c5ccccc5)ccc3n4-c3ccccc3)cc2)cc1. The van der Waals surface area contributed by atoms with E-state index in [0.29, 0.717) is 0 Å². The molecule has 0 fully saturated rings. The minimum atomic E-state index is 1.09. The first-order valence-electron chi connectivity index (χ1n) is 23.7. The Bertz CT molecular complexity index is 3710. The van der Waals surface area contributed by atoms with Gasteiger partial charge in [-0.3, -0.25) is 0 Å². The van der Waals surface area contributed by atoms with Crippen LogP contribution in [0.3, 0.4) is 0 Å². The number of hydrogen-bond acceptors (Lipinski definition) is 1. The molecule has 324 valence electrons.